The molecule has 2 aromatic heterocycles. The first-order valence-electron chi connectivity index (χ1n) is 20.8. The van der Waals surface area contributed by atoms with Crippen LogP contribution in [-0.4, -0.2) is 9.13 Å². The summed E-state index contributed by atoms with van der Waals surface area (Å²) < 4.78 is 4.94. The summed E-state index contributed by atoms with van der Waals surface area (Å²) in [4.78, 5) is 0. The van der Waals surface area contributed by atoms with Crippen molar-refractivity contribution in [3.8, 4) is 44.8 Å². The summed E-state index contributed by atoms with van der Waals surface area (Å²) in [7, 11) is 0. The minimum absolute atomic E-state index is 1.16. The minimum atomic E-state index is 1.16. The van der Waals surface area contributed by atoms with Gasteiger partial charge in [-0.15, -0.1) is 0 Å². The van der Waals surface area contributed by atoms with Crippen molar-refractivity contribution < 1.29 is 0 Å². The van der Waals surface area contributed by atoms with Crippen molar-refractivity contribution in [1.82, 2.24) is 9.13 Å². The van der Waals surface area contributed by atoms with E-state index in [4.69, 9.17) is 0 Å². The Balaban J connectivity index is 0.935. The Morgan fingerprint density at radius 1 is 0.250 bits per heavy atom. The molecule has 0 N–H and O–H groups in total. The molecule has 0 atom stereocenters. The molecule has 13 aromatic rings. The maximum Gasteiger partial charge on any atom is 0.0619 e. The summed E-state index contributed by atoms with van der Waals surface area (Å²) in [6, 6.07) is 76.8. The Kier molecular flexibility index (Phi) is 6.32. The van der Waals surface area contributed by atoms with E-state index in [0.29, 0.717) is 0 Å². The predicted octanol–water partition coefficient (Wildman–Crippen LogP) is 15.8. The van der Waals surface area contributed by atoms with Crippen LogP contribution in [0.4, 0.5) is 0 Å². The van der Waals surface area contributed by atoms with E-state index < -0.39 is 0 Å². The van der Waals surface area contributed by atoms with Crippen molar-refractivity contribution in [1.29, 1.82) is 0 Å². The first-order chi connectivity index (χ1) is 29.7. The van der Waals surface area contributed by atoms with E-state index in [-0.39, 0.29) is 0 Å². The molecule has 0 unspecified atom stereocenters. The highest BCUT2D eigenvalue weighted by molar-refractivity contribution is 6.26. The second-order valence-corrected chi connectivity index (χ2v) is 16.5. The number of hydrogen-bond acceptors (Lipinski definition) is 0. The molecule has 0 radical (unpaired) electrons. The zero-order chi connectivity index (χ0) is 39.1. The highest BCUT2D eigenvalue weighted by Crippen LogP contribution is 2.49. The zero-order valence-electron chi connectivity index (χ0n) is 32.5. The monoisotopic (exact) mass is 758 g/mol. The third-order valence-corrected chi connectivity index (χ3v) is 13.4. The number of para-hydroxylation sites is 1. The maximum atomic E-state index is 2.50. The highest BCUT2D eigenvalue weighted by Gasteiger charge is 2.23. The van der Waals surface area contributed by atoms with Gasteiger partial charge in [-0.3, -0.25) is 0 Å². The van der Waals surface area contributed by atoms with Crippen molar-refractivity contribution >= 4 is 86.7 Å². The lowest BCUT2D eigenvalue weighted by Gasteiger charge is -2.13. The number of benzene rings is 11. The molecule has 1 aliphatic rings. The number of nitrogens with zero attached hydrogens (tertiary/aromatic N) is 2. The number of hydrogen-bond donors (Lipinski definition) is 0. The van der Waals surface area contributed by atoms with Crippen LogP contribution in [0.5, 0.6) is 0 Å². The Labute approximate surface area is 345 Å². The normalized spacial score (nSPS) is 12.3. The molecule has 0 fully saturated rings. The van der Waals surface area contributed by atoms with Crippen LogP contribution in [0.25, 0.3) is 131 Å². The second-order valence-electron chi connectivity index (χ2n) is 16.5. The fourth-order valence-corrected chi connectivity index (χ4v) is 10.7. The second kappa shape index (κ2) is 11.8. The van der Waals surface area contributed by atoms with Crippen molar-refractivity contribution in [2.75, 3.05) is 0 Å². The highest BCUT2D eigenvalue weighted by atomic mass is 15.0. The van der Waals surface area contributed by atoms with Crippen molar-refractivity contribution in [2.45, 2.75) is 0 Å². The molecule has 0 spiro atoms. The topological polar surface area (TPSA) is 9.86 Å². The molecule has 0 saturated heterocycles. The smallest absolute Gasteiger partial charge is 0.0619 e. The van der Waals surface area contributed by atoms with Crippen LogP contribution < -0.4 is 0 Å². The molecular formula is C58H34N2. The predicted molar refractivity (Wildman–Crippen MR) is 255 cm³/mol. The van der Waals surface area contributed by atoms with Crippen LogP contribution in [0.15, 0.2) is 206 Å². The van der Waals surface area contributed by atoms with Gasteiger partial charge in [-0.05, 0) is 132 Å². The Hall–Kier alpha value is -7.94. The number of rotatable bonds is 3. The van der Waals surface area contributed by atoms with E-state index in [0.717, 1.165) is 11.4 Å². The lowest BCUT2D eigenvalue weighted by atomic mass is 9.95. The van der Waals surface area contributed by atoms with Gasteiger partial charge in [0.2, 0.25) is 0 Å². The van der Waals surface area contributed by atoms with Crippen molar-refractivity contribution in [3.05, 3.63) is 206 Å². The molecule has 2 nitrogen and oxygen atoms in total. The molecule has 0 bridgehead atoms. The minimum Gasteiger partial charge on any atom is -0.309 e. The first kappa shape index (κ1) is 32.1. The zero-order valence-corrected chi connectivity index (χ0v) is 32.5. The summed E-state index contributed by atoms with van der Waals surface area (Å²) >= 11 is 0. The molecule has 276 valence electrons. The van der Waals surface area contributed by atoms with E-state index in [1.54, 1.807) is 0 Å². The average Bonchev–Trinajstić information content (AvgIpc) is 3.95. The fourth-order valence-electron chi connectivity index (χ4n) is 10.7. The third-order valence-electron chi connectivity index (χ3n) is 13.4. The quantitative estimate of drug-likeness (QED) is 0.170. The van der Waals surface area contributed by atoms with Crippen LogP contribution in [0.1, 0.15) is 0 Å². The van der Waals surface area contributed by atoms with Gasteiger partial charge >= 0.3 is 0 Å². The van der Waals surface area contributed by atoms with Crippen LogP contribution in [0.2, 0.25) is 0 Å². The van der Waals surface area contributed by atoms with E-state index in [9.17, 15) is 0 Å². The molecule has 2 heteroatoms. The van der Waals surface area contributed by atoms with Gasteiger partial charge in [-0.25, -0.2) is 0 Å². The molecule has 0 saturated carbocycles. The third kappa shape index (κ3) is 4.32. The lowest BCUT2D eigenvalue weighted by molar-refractivity contribution is 1.17. The van der Waals surface area contributed by atoms with Gasteiger partial charge in [0.15, 0.2) is 0 Å². The first-order valence-corrected chi connectivity index (χ1v) is 20.8. The summed E-state index contributed by atoms with van der Waals surface area (Å²) in [5, 5.41) is 15.2. The van der Waals surface area contributed by atoms with Gasteiger partial charge in [0, 0.05) is 38.3 Å². The van der Waals surface area contributed by atoms with Gasteiger partial charge in [-0.2, -0.15) is 0 Å². The molecule has 60 heavy (non-hydrogen) atoms. The van der Waals surface area contributed by atoms with Gasteiger partial charge in [-0.1, -0.05) is 146 Å². The SMILES string of the molecule is c1ccc2c(c1)-c1cccc3cc(-c4ccc5cc(-n6c7ccccc7c7cc(-n8c9ccc%10ccccc%10c9c9ccc%10ccccc%10c98)ccc76)ccc5c4)cc-2c13. The Bertz CT molecular complexity index is 4010. The molecular weight excluding hydrogens is 725 g/mol. The maximum absolute atomic E-state index is 2.50. The molecule has 11 aromatic carbocycles. The van der Waals surface area contributed by atoms with Gasteiger partial charge < -0.3 is 9.13 Å². The number of fused-ring (bicyclic) bond motifs is 14. The van der Waals surface area contributed by atoms with Crippen LogP contribution in [0, 0.1) is 0 Å². The summed E-state index contributed by atoms with van der Waals surface area (Å²) in [6.07, 6.45) is 0. The van der Waals surface area contributed by atoms with Gasteiger partial charge in [0.05, 0.1) is 22.1 Å². The van der Waals surface area contributed by atoms with Crippen LogP contribution >= 0.6 is 0 Å². The van der Waals surface area contributed by atoms with Crippen molar-refractivity contribution in [2.24, 2.45) is 0 Å². The standard InChI is InChI=1S/C58H34N2/c1-3-13-44-35(10-1)24-28-55-57(44)50-27-23-36-11-2-4-14-45(36)58(50)60(55)43-26-29-54-51(34-43)48-17-7-8-19-53(48)59(54)42-25-22-37-30-38(20-21-39(37)32-42)41-31-40-12-9-18-49-46-15-5-6-16-47(46)52(33-41)56(40)49/h1-34H. The average molecular weight is 759 g/mol. The lowest BCUT2D eigenvalue weighted by Crippen LogP contribution is -1.96. The largest absolute Gasteiger partial charge is 0.309 e. The van der Waals surface area contributed by atoms with Crippen LogP contribution in [-0.2, 0) is 0 Å². The fraction of sp³-hybridized carbons (Fsp3) is 0. The van der Waals surface area contributed by atoms with Gasteiger partial charge in [0.1, 0.15) is 0 Å². The van der Waals surface area contributed by atoms with E-state index in [2.05, 4.69) is 215 Å². The van der Waals surface area contributed by atoms with Crippen LogP contribution in [0.3, 0.4) is 0 Å². The molecule has 2 heterocycles. The Morgan fingerprint density at radius 3 is 1.75 bits per heavy atom. The van der Waals surface area contributed by atoms with E-state index in [1.807, 2.05) is 0 Å². The van der Waals surface area contributed by atoms with Gasteiger partial charge in [0.25, 0.3) is 0 Å². The Morgan fingerprint density at radius 2 is 0.850 bits per heavy atom. The molecule has 14 rings (SSSR count). The van der Waals surface area contributed by atoms with E-state index >= 15 is 0 Å². The molecule has 0 aliphatic heterocycles. The summed E-state index contributed by atoms with van der Waals surface area (Å²) in [5.41, 5.74) is 15.0. The summed E-state index contributed by atoms with van der Waals surface area (Å²) in [5.74, 6) is 0. The molecule has 1 aliphatic carbocycles. The summed E-state index contributed by atoms with van der Waals surface area (Å²) in [6.45, 7) is 0. The van der Waals surface area contributed by atoms with Crippen molar-refractivity contribution in [3.63, 3.8) is 0 Å². The number of aromatic nitrogens is 2. The molecule has 0 amide bonds. The van der Waals surface area contributed by atoms with E-state index in [1.165, 1.54) is 120 Å².